The predicted octanol–water partition coefficient (Wildman–Crippen LogP) is 6.15. The molecule has 0 aliphatic rings. The van der Waals surface area contributed by atoms with E-state index in [1.807, 2.05) is 91.9 Å². The van der Waals surface area contributed by atoms with Gasteiger partial charge >= 0.3 is 0 Å². The van der Waals surface area contributed by atoms with Crippen molar-refractivity contribution in [1.82, 2.24) is 9.78 Å². The number of carbonyl (C=O) groups is 1. The number of benzene rings is 3. The summed E-state index contributed by atoms with van der Waals surface area (Å²) < 4.78 is 1.35. The highest BCUT2D eigenvalue weighted by molar-refractivity contribution is 6.10. The lowest BCUT2D eigenvalue weighted by Gasteiger charge is -2.19. The van der Waals surface area contributed by atoms with Crippen molar-refractivity contribution in [3.8, 4) is 22.4 Å². The number of aromatic nitrogens is 2. The Kier molecular flexibility index (Phi) is 6.46. The van der Waals surface area contributed by atoms with Crippen LogP contribution in [0.2, 0.25) is 0 Å². The van der Waals surface area contributed by atoms with Crippen LogP contribution in [0.1, 0.15) is 43.6 Å². The van der Waals surface area contributed by atoms with E-state index in [1.54, 1.807) is 0 Å². The molecule has 0 radical (unpaired) electrons. The first-order chi connectivity index (χ1) is 16.3. The molecular formula is C29H29N3O2. The number of aryl methyl sites for hydroxylation is 1. The van der Waals surface area contributed by atoms with Crippen LogP contribution in [0.25, 0.3) is 22.4 Å². The van der Waals surface area contributed by atoms with Crippen molar-refractivity contribution >= 4 is 11.6 Å². The van der Waals surface area contributed by atoms with Gasteiger partial charge in [0.2, 0.25) is 0 Å². The number of amides is 1. The highest BCUT2D eigenvalue weighted by atomic mass is 16.2. The minimum absolute atomic E-state index is 0.00750. The number of anilines is 1. The maximum atomic E-state index is 13.6. The lowest BCUT2D eigenvalue weighted by atomic mass is 9.87. The van der Waals surface area contributed by atoms with E-state index in [0.717, 1.165) is 11.1 Å². The second-order valence-corrected chi connectivity index (χ2v) is 9.23. The van der Waals surface area contributed by atoms with Crippen molar-refractivity contribution in [3.63, 3.8) is 0 Å². The average Bonchev–Trinajstić information content (AvgIpc) is 2.84. The zero-order chi connectivity index (χ0) is 24.3. The number of hydrogen-bond acceptors (Lipinski definition) is 3. The molecule has 1 aromatic heterocycles. The summed E-state index contributed by atoms with van der Waals surface area (Å²) in [6.45, 7) is 8.62. The molecule has 5 heteroatoms. The van der Waals surface area contributed by atoms with E-state index in [9.17, 15) is 9.59 Å². The van der Waals surface area contributed by atoms with Crippen LogP contribution in [0.4, 0.5) is 5.69 Å². The minimum Gasteiger partial charge on any atom is -0.322 e. The maximum absolute atomic E-state index is 13.6. The number of carbonyl (C=O) groups excluding carboxylic acids is 1. The van der Waals surface area contributed by atoms with Crippen molar-refractivity contribution in [2.45, 2.75) is 39.7 Å². The Labute approximate surface area is 200 Å². The highest BCUT2D eigenvalue weighted by Crippen LogP contribution is 2.32. The molecule has 0 bridgehead atoms. The molecule has 5 nitrogen and oxygen atoms in total. The molecular weight excluding hydrogens is 422 g/mol. The first kappa shape index (κ1) is 23.2. The van der Waals surface area contributed by atoms with E-state index in [-0.39, 0.29) is 11.0 Å². The van der Waals surface area contributed by atoms with Gasteiger partial charge in [0.05, 0.1) is 5.69 Å². The molecule has 34 heavy (non-hydrogen) atoms. The van der Waals surface area contributed by atoms with Gasteiger partial charge in [-0.15, -0.1) is 0 Å². The molecule has 0 spiro atoms. The van der Waals surface area contributed by atoms with E-state index in [0.29, 0.717) is 23.5 Å². The molecule has 0 aliphatic carbocycles. The third-order valence-corrected chi connectivity index (χ3v) is 5.80. The zero-order valence-electron chi connectivity index (χ0n) is 20.0. The van der Waals surface area contributed by atoms with Gasteiger partial charge < -0.3 is 5.32 Å². The Morgan fingerprint density at radius 3 is 1.94 bits per heavy atom. The van der Waals surface area contributed by atoms with Gasteiger partial charge in [-0.05, 0) is 35.6 Å². The second kappa shape index (κ2) is 9.48. The van der Waals surface area contributed by atoms with E-state index in [4.69, 9.17) is 0 Å². The number of nitrogens with zero attached hydrogens (tertiary/aromatic N) is 2. The molecule has 1 N–H and O–H groups in total. The Balaban J connectivity index is 1.89. The molecule has 0 fully saturated rings. The lowest BCUT2D eigenvalue weighted by molar-refractivity contribution is 0.102. The standard InChI is InChI=1S/C29H29N3O2/c1-5-32-28(34)25(27(33)30-23-18-16-22(17-19-23)29(2,3)4)24(20-12-8-6-9-13-20)26(31-32)21-14-10-7-11-15-21/h6-19H,5H2,1-4H3,(H,30,33). The second-order valence-electron chi connectivity index (χ2n) is 9.23. The summed E-state index contributed by atoms with van der Waals surface area (Å²) in [7, 11) is 0. The van der Waals surface area contributed by atoms with Crippen molar-refractivity contribution in [3.05, 3.63) is 106 Å². The SMILES string of the molecule is CCn1nc(-c2ccccc2)c(-c2ccccc2)c(C(=O)Nc2ccc(C(C)(C)C)cc2)c1=O. The number of hydrogen-bond donors (Lipinski definition) is 1. The molecule has 0 unspecified atom stereocenters. The van der Waals surface area contributed by atoms with Crippen molar-refractivity contribution in [2.24, 2.45) is 0 Å². The van der Waals surface area contributed by atoms with Crippen LogP contribution in [0.15, 0.2) is 89.7 Å². The summed E-state index contributed by atoms with van der Waals surface area (Å²) in [6.07, 6.45) is 0. The molecule has 4 rings (SSSR count). The Morgan fingerprint density at radius 2 is 1.41 bits per heavy atom. The third kappa shape index (κ3) is 4.69. The summed E-state index contributed by atoms with van der Waals surface area (Å²) in [4.78, 5) is 27.0. The van der Waals surface area contributed by atoms with E-state index in [1.165, 1.54) is 10.2 Å². The zero-order valence-corrected chi connectivity index (χ0v) is 20.0. The quantitative estimate of drug-likeness (QED) is 0.396. The van der Waals surface area contributed by atoms with Crippen LogP contribution in [0.3, 0.4) is 0 Å². The predicted molar refractivity (Wildman–Crippen MR) is 138 cm³/mol. The third-order valence-electron chi connectivity index (χ3n) is 5.80. The molecule has 0 atom stereocenters. The van der Waals surface area contributed by atoms with Crippen LogP contribution in [-0.4, -0.2) is 15.7 Å². The van der Waals surface area contributed by atoms with Crippen LogP contribution in [0.5, 0.6) is 0 Å². The van der Waals surface area contributed by atoms with Gasteiger partial charge in [0.1, 0.15) is 5.56 Å². The molecule has 0 saturated carbocycles. The number of rotatable bonds is 5. The molecule has 3 aromatic carbocycles. The fourth-order valence-electron chi connectivity index (χ4n) is 3.93. The van der Waals surface area contributed by atoms with Gasteiger partial charge in [0.25, 0.3) is 11.5 Å². The fraction of sp³-hybridized carbons (Fsp3) is 0.207. The van der Waals surface area contributed by atoms with E-state index < -0.39 is 11.5 Å². The van der Waals surface area contributed by atoms with E-state index in [2.05, 4.69) is 31.2 Å². The monoisotopic (exact) mass is 451 g/mol. The molecule has 1 amide bonds. The molecule has 4 aromatic rings. The average molecular weight is 452 g/mol. The summed E-state index contributed by atoms with van der Waals surface area (Å²) >= 11 is 0. The smallest absolute Gasteiger partial charge is 0.280 e. The Bertz CT molecular complexity index is 1350. The largest absolute Gasteiger partial charge is 0.322 e. The maximum Gasteiger partial charge on any atom is 0.280 e. The summed E-state index contributed by atoms with van der Waals surface area (Å²) in [5.74, 6) is -0.450. The van der Waals surface area contributed by atoms with Gasteiger partial charge in [0, 0.05) is 23.4 Å². The van der Waals surface area contributed by atoms with Crippen LogP contribution < -0.4 is 10.9 Å². The first-order valence-electron chi connectivity index (χ1n) is 11.5. The molecule has 0 saturated heterocycles. The first-order valence-corrected chi connectivity index (χ1v) is 11.5. The normalized spacial score (nSPS) is 11.3. The van der Waals surface area contributed by atoms with Gasteiger partial charge in [-0.2, -0.15) is 5.10 Å². The summed E-state index contributed by atoms with van der Waals surface area (Å²) in [5.41, 5.74) is 4.22. The molecule has 172 valence electrons. The Morgan fingerprint density at radius 1 is 0.853 bits per heavy atom. The van der Waals surface area contributed by atoms with E-state index >= 15 is 0 Å². The number of nitrogens with one attached hydrogen (secondary N) is 1. The minimum atomic E-state index is -0.450. The van der Waals surface area contributed by atoms with Crippen LogP contribution in [-0.2, 0) is 12.0 Å². The summed E-state index contributed by atoms with van der Waals surface area (Å²) in [6, 6.07) is 26.9. The van der Waals surface area contributed by atoms with Crippen molar-refractivity contribution in [2.75, 3.05) is 5.32 Å². The van der Waals surface area contributed by atoms with Crippen LogP contribution >= 0.6 is 0 Å². The highest BCUT2D eigenvalue weighted by Gasteiger charge is 2.25. The lowest BCUT2D eigenvalue weighted by Crippen LogP contribution is -2.32. The summed E-state index contributed by atoms with van der Waals surface area (Å²) in [5, 5.41) is 7.59. The molecule has 0 aliphatic heterocycles. The van der Waals surface area contributed by atoms with Gasteiger partial charge in [0.15, 0.2) is 0 Å². The van der Waals surface area contributed by atoms with Gasteiger partial charge in [-0.25, -0.2) is 4.68 Å². The topological polar surface area (TPSA) is 64.0 Å². The van der Waals surface area contributed by atoms with Crippen LogP contribution in [0, 0.1) is 0 Å². The van der Waals surface area contributed by atoms with Crippen molar-refractivity contribution < 1.29 is 4.79 Å². The van der Waals surface area contributed by atoms with Gasteiger partial charge in [-0.3, -0.25) is 9.59 Å². The van der Waals surface area contributed by atoms with Crippen molar-refractivity contribution in [1.29, 1.82) is 0 Å². The Hall–Kier alpha value is -3.99. The van der Waals surface area contributed by atoms with Gasteiger partial charge in [-0.1, -0.05) is 93.6 Å². The molecule has 1 heterocycles. The fourth-order valence-corrected chi connectivity index (χ4v) is 3.93.